The largest absolute Gasteiger partial charge is 0.381 e. The summed E-state index contributed by atoms with van der Waals surface area (Å²) >= 11 is 0. The Morgan fingerprint density at radius 2 is 1.94 bits per heavy atom. The van der Waals surface area contributed by atoms with E-state index in [-0.39, 0.29) is 5.54 Å². The minimum absolute atomic E-state index is 0.100. The molecule has 0 saturated carbocycles. The van der Waals surface area contributed by atoms with Gasteiger partial charge in [0.05, 0.1) is 18.8 Å². The molecule has 106 valence electrons. The molecule has 0 aromatic carbocycles. The molecule has 2 N–H and O–H groups in total. The summed E-state index contributed by atoms with van der Waals surface area (Å²) < 4.78 is 11.4. The van der Waals surface area contributed by atoms with Gasteiger partial charge in [0.25, 0.3) is 0 Å². The van der Waals surface area contributed by atoms with E-state index in [2.05, 4.69) is 25.7 Å². The van der Waals surface area contributed by atoms with Crippen molar-refractivity contribution in [1.29, 1.82) is 0 Å². The first kappa shape index (κ1) is 14.3. The summed E-state index contributed by atoms with van der Waals surface area (Å²) in [5.74, 6) is 0.574. The van der Waals surface area contributed by atoms with Gasteiger partial charge in [-0.3, -0.25) is 4.90 Å². The number of morpholine rings is 1. The predicted molar refractivity (Wildman–Crippen MR) is 72.6 cm³/mol. The molecule has 0 aromatic heterocycles. The first-order valence-electron chi connectivity index (χ1n) is 7.30. The van der Waals surface area contributed by atoms with Crippen LogP contribution in [0.15, 0.2) is 0 Å². The lowest BCUT2D eigenvalue weighted by molar-refractivity contribution is -0.114. The van der Waals surface area contributed by atoms with E-state index >= 15 is 0 Å². The summed E-state index contributed by atoms with van der Waals surface area (Å²) in [6, 6.07) is 0. The molecule has 0 bridgehead atoms. The summed E-state index contributed by atoms with van der Waals surface area (Å²) in [6.07, 6.45) is 2.84. The molecule has 4 atom stereocenters. The van der Waals surface area contributed by atoms with Gasteiger partial charge in [-0.2, -0.15) is 0 Å². The van der Waals surface area contributed by atoms with Crippen LogP contribution >= 0.6 is 0 Å². The maximum atomic E-state index is 6.18. The van der Waals surface area contributed by atoms with Crippen molar-refractivity contribution >= 4 is 0 Å². The van der Waals surface area contributed by atoms with Crippen LogP contribution < -0.4 is 5.73 Å². The molecule has 2 aliphatic heterocycles. The number of hydrogen-bond donors (Lipinski definition) is 1. The highest BCUT2D eigenvalue weighted by atomic mass is 16.5. The highest BCUT2D eigenvalue weighted by Crippen LogP contribution is 2.35. The minimum Gasteiger partial charge on any atom is -0.381 e. The van der Waals surface area contributed by atoms with Crippen LogP contribution in [0, 0.1) is 5.92 Å². The Hall–Kier alpha value is -0.160. The van der Waals surface area contributed by atoms with E-state index in [0.717, 1.165) is 45.7 Å². The third-order valence-corrected chi connectivity index (χ3v) is 4.70. The number of rotatable bonds is 4. The van der Waals surface area contributed by atoms with Gasteiger partial charge in [-0.05, 0) is 26.7 Å². The Balaban J connectivity index is 2.17. The second-order valence-corrected chi connectivity index (χ2v) is 5.88. The first-order valence-corrected chi connectivity index (χ1v) is 7.30. The molecule has 2 saturated heterocycles. The van der Waals surface area contributed by atoms with Crippen LogP contribution in [0.3, 0.4) is 0 Å². The maximum Gasteiger partial charge on any atom is 0.0678 e. The van der Waals surface area contributed by atoms with E-state index < -0.39 is 0 Å². The normalized spacial score (nSPS) is 37.7. The molecule has 18 heavy (non-hydrogen) atoms. The maximum absolute atomic E-state index is 6.18. The number of nitrogens with zero attached hydrogens (tertiary/aromatic N) is 1. The van der Waals surface area contributed by atoms with Gasteiger partial charge in [-0.1, -0.05) is 6.92 Å². The Kier molecular flexibility index (Phi) is 4.64. The lowest BCUT2D eigenvalue weighted by Crippen LogP contribution is -2.63. The summed E-state index contributed by atoms with van der Waals surface area (Å²) in [5, 5.41) is 0. The molecule has 0 aromatic rings. The topological polar surface area (TPSA) is 47.7 Å². The van der Waals surface area contributed by atoms with Crippen molar-refractivity contribution in [2.45, 2.75) is 51.4 Å². The Labute approximate surface area is 111 Å². The second-order valence-electron chi connectivity index (χ2n) is 5.88. The molecule has 2 unspecified atom stereocenters. The minimum atomic E-state index is 0.100. The number of nitrogens with two attached hydrogens (primary N) is 1. The lowest BCUT2D eigenvalue weighted by atomic mass is 9.78. The van der Waals surface area contributed by atoms with Crippen molar-refractivity contribution in [2.75, 3.05) is 32.8 Å². The van der Waals surface area contributed by atoms with E-state index in [9.17, 15) is 0 Å². The zero-order valence-electron chi connectivity index (χ0n) is 12.0. The number of hydrogen-bond acceptors (Lipinski definition) is 4. The van der Waals surface area contributed by atoms with Crippen LogP contribution in [0.25, 0.3) is 0 Å². The molecular formula is C14H28N2O2. The monoisotopic (exact) mass is 256 g/mol. The fourth-order valence-electron chi connectivity index (χ4n) is 3.71. The van der Waals surface area contributed by atoms with Crippen molar-refractivity contribution in [3.63, 3.8) is 0 Å². The van der Waals surface area contributed by atoms with Gasteiger partial charge in [-0.15, -0.1) is 0 Å². The highest BCUT2D eigenvalue weighted by Gasteiger charge is 2.45. The fourth-order valence-corrected chi connectivity index (χ4v) is 3.71. The number of ether oxygens (including phenoxy) is 2. The second kappa shape index (κ2) is 5.87. The third-order valence-electron chi connectivity index (χ3n) is 4.70. The molecule has 2 rings (SSSR count). The predicted octanol–water partition coefficient (Wildman–Crippen LogP) is 1.24. The zero-order valence-corrected chi connectivity index (χ0v) is 12.0. The van der Waals surface area contributed by atoms with E-state index in [4.69, 9.17) is 15.2 Å². The molecule has 0 aliphatic carbocycles. The van der Waals surface area contributed by atoms with Gasteiger partial charge in [0.15, 0.2) is 0 Å². The average molecular weight is 256 g/mol. The van der Waals surface area contributed by atoms with Gasteiger partial charge < -0.3 is 15.2 Å². The van der Waals surface area contributed by atoms with E-state index in [0.29, 0.717) is 18.1 Å². The van der Waals surface area contributed by atoms with Gasteiger partial charge >= 0.3 is 0 Å². The molecule has 4 nitrogen and oxygen atoms in total. The Morgan fingerprint density at radius 3 is 2.39 bits per heavy atom. The molecule has 0 spiro atoms. The zero-order chi connectivity index (χ0) is 13.2. The molecule has 2 fully saturated rings. The molecule has 0 amide bonds. The van der Waals surface area contributed by atoms with Crippen LogP contribution in [0.5, 0.6) is 0 Å². The van der Waals surface area contributed by atoms with Gasteiger partial charge in [0.1, 0.15) is 0 Å². The van der Waals surface area contributed by atoms with E-state index in [1.54, 1.807) is 0 Å². The average Bonchev–Trinajstić information content (AvgIpc) is 2.84. The molecular weight excluding hydrogens is 228 g/mol. The smallest absolute Gasteiger partial charge is 0.0678 e. The molecule has 2 heterocycles. The van der Waals surface area contributed by atoms with Crippen LogP contribution in [0.1, 0.15) is 33.6 Å². The van der Waals surface area contributed by atoms with Crippen molar-refractivity contribution in [3.05, 3.63) is 0 Å². The standard InChI is InChI=1S/C14H28N2O2/c1-4-14(10-15,13-5-6-17-9-13)16-7-11(2)18-12(3)8-16/h11-13H,4-10,15H2,1-3H3/t11-,12+,13?,14?. The van der Waals surface area contributed by atoms with Gasteiger partial charge in [0.2, 0.25) is 0 Å². The van der Waals surface area contributed by atoms with Crippen molar-refractivity contribution in [2.24, 2.45) is 11.7 Å². The van der Waals surface area contributed by atoms with Crippen LogP contribution in [-0.2, 0) is 9.47 Å². The quantitative estimate of drug-likeness (QED) is 0.822. The van der Waals surface area contributed by atoms with Crippen LogP contribution in [0.4, 0.5) is 0 Å². The SMILES string of the molecule is CCC(CN)(C1CCOC1)N1C[C@@H](C)O[C@@H](C)C1. The highest BCUT2D eigenvalue weighted by molar-refractivity contribution is 5.00. The van der Waals surface area contributed by atoms with Crippen molar-refractivity contribution in [3.8, 4) is 0 Å². The van der Waals surface area contributed by atoms with E-state index in [1.807, 2.05) is 0 Å². The lowest BCUT2D eigenvalue weighted by Gasteiger charge is -2.50. The molecule has 2 aliphatic rings. The van der Waals surface area contributed by atoms with Gasteiger partial charge in [-0.25, -0.2) is 0 Å². The summed E-state index contributed by atoms with van der Waals surface area (Å²) in [5.41, 5.74) is 6.28. The van der Waals surface area contributed by atoms with Crippen molar-refractivity contribution < 1.29 is 9.47 Å². The van der Waals surface area contributed by atoms with E-state index in [1.165, 1.54) is 0 Å². The van der Waals surface area contributed by atoms with Crippen LogP contribution in [-0.4, -0.2) is 55.5 Å². The molecule has 4 heteroatoms. The fraction of sp³-hybridized carbons (Fsp3) is 1.00. The van der Waals surface area contributed by atoms with Gasteiger partial charge in [0, 0.05) is 37.7 Å². The third kappa shape index (κ3) is 2.57. The summed E-state index contributed by atoms with van der Waals surface area (Å²) in [6.45, 7) is 11.0. The van der Waals surface area contributed by atoms with Crippen LogP contribution in [0.2, 0.25) is 0 Å². The summed E-state index contributed by atoms with van der Waals surface area (Å²) in [4.78, 5) is 2.57. The Bertz CT molecular complexity index is 253. The van der Waals surface area contributed by atoms with Crippen molar-refractivity contribution in [1.82, 2.24) is 4.90 Å². The first-order chi connectivity index (χ1) is 8.62. The summed E-state index contributed by atoms with van der Waals surface area (Å²) in [7, 11) is 0. The molecule has 0 radical (unpaired) electrons. The Morgan fingerprint density at radius 1 is 1.28 bits per heavy atom.